The second kappa shape index (κ2) is 11.9. The number of carbonyl (C=O) groups is 1. The van der Waals surface area contributed by atoms with Gasteiger partial charge in [0.05, 0.1) is 6.61 Å². The van der Waals surface area contributed by atoms with Gasteiger partial charge in [0.15, 0.2) is 0 Å². The third-order valence-corrected chi connectivity index (χ3v) is 2.68. The lowest BCUT2D eigenvalue weighted by Crippen LogP contribution is -3.01. The SMILES string of the molecule is C=CC(=O)OCCCCCCC(C)CO[NH+]([O-])C=C. The summed E-state index contributed by atoms with van der Waals surface area (Å²) in [4.78, 5) is 15.7. The van der Waals surface area contributed by atoms with E-state index >= 15 is 0 Å². The van der Waals surface area contributed by atoms with Gasteiger partial charge in [-0.05, 0) is 25.3 Å². The molecule has 0 aromatic heterocycles. The maximum absolute atomic E-state index is 10.9. The summed E-state index contributed by atoms with van der Waals surface area (Å²) in [6, 6.07) is 0. The summed E-state index contributed by atoms with van der Waals surface area (Å²) in [5, 5.41) is 10.5. The van der Waals surface area contributed by atoms with Crippen molar-refractivity contribution in [3.8, 4) is 0 Å². The molecule has 0 heterocycles. The summed E-state index contributed by atoms with van der Waals surface area (Å²) in [6.07, 6.45) is 7.46. The fourth-order valence-corrected chi connectivity index (χ4v) is 1.55. The minimum Gasteiger partial charge on any atom is -0.595 e. The maximum Gasteiger partial charge on any atom is 0.330 e. The van der Waals surface area contributed by atoms with Crippen LogP contribution >= 0.6 is 0 Å². The Labute approximate surface area is 115 Å². The Bertz CT molecular complexity index is 268. The van der Waals surface area contributed by atoms with Crippen molar-refractivity contribution in [2.45, 2.75) is 39.0 Å². The third-order valence-electron chi connectivity index (χ3n) is 2.68. The van der Waals surface area contributed by atoms with Crippen LogP contribution in [0, 0.1) is 11.1 Å². The molecule has 0 aromatic rings. The first kappa shape index (κ1) is 17.8. The molecule has 110 valence electrons. The van der Waals surface area contributed by atoms with Gasteiger partial charge < -0.3 is 9.94 Å². The third kappa shape index (κ3) is 11.6. The molecule has 0 aliphatic rings. The van der Waals surface area contributed by atoms with Crippen molar-refractivity contribution in [3.05, 3.63) is 30.6 Å². The van der Waals surface area contributed by atoms with Gasteiger partial charge in [-0.25, -0.2) is 4.79 Å². The van der Waals surface area contributed by atoms with Crippen LogP contribution in [0.1, 0.15) is 39.0 Å². The molecule has 0 fully saturated rings. The zero-order valence-corrected chi connectivity index (χ0v) is 11.7. The van der Waals surface area contributed by atoms with E-state index in [4.69, 9.17) is 9.57 Å². The van der Waals surface area contributed by atoms with Gasteiger partial charge in [-0.1, -0.05) is 32.8 Å². The maximum atomic E-state index is 10.9. The Morgan fingerprint density at radius 2 is 2.00 bits per heavy atom. The highest BCUT2D eigenvalue weighted by Crippen LogP contribution is 2.10. The number of nitrogens with one attached hydrogen (secondary N) is 1. The Morgan fingerprint density at radius 1 is 1.32 bits per heavy atom. The van der Waals surface area contributed by atoms with E-state index in [0.29, 0.717) is 19.1 Å². The zero-order chi connectivity index (χ0) is 14.5. The number of hydroxylamine groups is 2. The summed E-state index contributed by atoms with van der Waals surface area (Å²) in [5.74, 6) is 0.000139. The van der Waals surface area contributed by atoms with Crippen molar-refractivity contribution in [1.82, 2.24) is 0 Å². The molecule has 0 aliphatic carbocycles. The second-order valence-electron chi connectivity index (χ2n) is 4.51. The first-order valence-electron chi connectivity index (χ1n) is 6.68. The molecule has 0 amide bonds. The van der Waals surface area contributed by atoms with Crippen molar-refractivity contribution >= 4 is 5.97 Å². The predicted octanol–water partition coefficient (Wildman–Crippen LogP) is 1.76. The predicted molar refractivity (Wildman–Crippen MR) is 73.9 cm³/mol. The van der Waals surface area contributed by atoms with E-state index in [1.807, 2.05) is 0 Å². The number of carbonyl (C=O) groups excluding carboxylic acids is 1. The van der Waals surface area contributed by atoms with Crippen molar-refractivity contribution in [2.75, 3.05) is 13.2 Å². The number of hydrogen-bond acceptors (Lipinski definition) is 4. The highest BCUT2D eigenvalue weighted by Gasteiger charge is 2.04. The molecule has 0 aliphatic heterocycles. The normalized spacial score (nSPS) is 13.6. The Morgan fingerprint density at radius 3 is 2.63 bits per heavy atom. The summed E-state index contributed by atoms with van der Waals surface area (Å²) in [6.45, 7) is 9.63. The molecular weight excluding hydrogens is 246 g/mol. The molecule has 0 aromatic carbocycles. The molecule has 0 saturated carbocycles. The average Bonchev–Trinajstić information content (AvgIpc) is 2.43. The van der Waals surface area contributed by atoms with Gasteiger partial charge in [0.1, 0.15) is 12.8 Å². The smallest absolute Gasteiger partial charge is 0.330 e. The van der Waals surface area contributed by atoms with Crippen LogP contribution < -0.4 is 5.23 Å². The molecule has 5 heteroatoms. The Hall–Kier alpha value is -1.17. The highest BCUT2D eigenvalue weighted by molar-refractivity contribution is 5.81. The van der Waals surface area contributed by atoms with E-state index in [-0.39, 0.29) is 11.2 Å². The number of esters is 1. The molecule has 2 unspecified atom stereocenters. The minimum atomic E-state index is -0.365. The lowest BCUT2D eigenvalue weighted by atomic mass is 10.0. The highest BCUT2D eigenvalue weighted by atomic mass is 16.9. The van der Waals surface area contributed by atoms with Gasteiger partial charge in [-0.3, -0.25) is 0 Å². The van der Waals surface area contributed by atoms with Crippen molar-refractivity contribution in [3.63, 3.8) is 0 Å². The monoisotopic (exact) mass is 271 g/mol. The first-order valence-corrected chi connectivity index (χ1v) is 6.68. The van der Waals surface area contributed by atoms with Crippen LogP contribution in [0.2, 0.25) is 0 Å². The number of unbranched alkanes of at least 4 members (excludes halogenated alkanes) is 3. The van der Waals surface area contributed by atoms with Crippen LogP contribution in [-0.2, 0) is 14.4 Å². The molecule has 0 saturated heterocycles. The van der Waals surface area contributed by atoms with Crippen molar-refractivity contribution < 1.29 is 19.6 Å². The van der Waals surface area contributed by atoms with Gasteiger partial charge in [0.25, 0.3) is 0 Å². The van der Waals surface area contributed by atoms with E-state index < -0.39 is 0 Å². The van der Waals surface area contributed by atoms with Crippen LogP contribution in [0.25, 0.3) is 0 Å². The molecule has 0 spiro atoms. The van der Waals surface area contributed by atoms with Crippen LogP contribution in [0.15, 0.2) is 25.4 Å². The first-order chi connectivity index (χ1) is 9.10. The fraction of sp³-hybridized carbons (Fsp3) is 0.643. The summed E-state index contributed by atoms with van der Waals surface area (Å²) >= 11 is 0. The average molecular weight is 271 g/mol. The molecule has 0 rings (SSSR count). The van der Waals surface area contributed by atoms with Gasteiger partial charge in [0.2, 0.25) is 0 Å². The topological polar surface area (TPSA) is 63.0 Å². The molecule has 19 heavy (non-hydrogen) atoms. The van der Waals surface area contributed by atoms with E-state index in [2.05, 4.69) is 20.1 Å². The molecule has 0 radical (unpaired) electrons. The minimum absolute atomic E-state index is 0.363. The standard InChI is InChI=1S/C14H25NO4/c1-4-14(16)18-11-9-7-6-8-10-13(3)12-19-15(17)5-2/h4-5,13,15H,1-2,6-12H2,3H3. The molecule has 2 atom stereocenters. The Balaban J connectivity index is 3.31. The van der Waals surface area contributed by atoms with Crippen LogP contribution in [0.4, 0.5) is 0 Å². The lowest BCUT2D eigenvalue weighted by molar-refractivity contribution is -1.01. The van der Waals surface area contributed by atoms with E-state index in [1.54, 1.807) is 0 Å². The summed E-state index contributed by atoms with van der Waals surface area (Å²) < 4.78 is 4.87. The summed E-state index contributed by atoms with van der Waals surface area (Å²) in [5.41, 5.74) is 0. The largest absolute Gasteiger partial charge is 0.595 e. The quantitative estimate of drug-likeness (QED) is 0.254. The summed E-state index contributed by atoms with van der Waals surface area (Å²) in [7, 11) is 0. The molecular formula is C14H25NO4. The Kier molecular flexibility index (Phi) is 11.2. The molecule has 0 bridgehead atoms. The van der Waals surface area contributed by atoms with Gasteiger partial charge in [0, 0.05) is 6.08 Å². The van der Waals surface area contributed by atoms with Crippen LogP contribution in [0.3, 0.4) is 0 Å². The lowest BCUT2D eigenvalue weighted by Gasteiger charge is -2.17. The molecule has 5 nitrogen and oxygen atoms in total. The number of rotatable bonds is 12. The number of ether oxygens (including phenoxy) is 1. The van der Waals surface area contributed by atoms with Crippen molar-refractivity contribution in [2.24, 2.45) is 5.92 Å². The second-order valence-corrected chi connectivity index (χ2v) is 4.51. The number of quaternary nitrogens is 1. The van der Waals surface area contributed by atoms with Crippen LogP contribution in [-0.4, -0.2) is 19.2 Å². The molecule has 1 N–H and O–H groups in total. The van der Waals surface area contributed by atoms with Gasteiger partial charge in [-0.2, -0.15) is 10.1 Å². The van der Waals surface area contributed by atoms with Gasteiger partial charge >= 0.3 is 5.97 Å². The fourth-order valence-electron chi connectivity index (χ4n) is 1.55. The number of hydrogen-bond donors (Lipinski definition) is 1. The van der Waals surface area contributed by atoms with Crippen molar-refractivity contribution in [1.29, 1.82) is 0 Å². The van der Waals surface area contributed by atoms with Gasteiger partial charge in [-0.15, -0.1) is 0 Å². The van der Waals surface area contributed by atoms with Crippen LogP contribution in [0.5, 0.6) is 0 Å². The zero-order valence-electron chi connectivity index (χ0n) is 11.7. The van der Waals surface area contributed by atoms with E-state index in [1.165, 1.54) is 12.3 Å². The van der Waals surface area contributed by atoms with E-state index in [9.17, 15) is 10.0 Å². The van der Waals surface area contributed by atoms with E-state index in [0.717, 1.165) is 32.1 Å².